The molecule has 0 amide bonds. The molecule has 0 atom stereocenters. The average Bonchev–Trinajstić information content (AvgIpc) is 3.47. The van der Waals surface area contributed by atoms with Gasteiger partial charge in [-0.1, -0.05) is 46.8 Å². The first-order chi connectivity index (χ1) is 15.2. The van der Waals surface area contributed by atoms with Gasteiger partial charge in [0.15, 0.2) is 6.61 Å². The van der Waals surface area contributed by atoms with E-state index in [0.29, 0.717) is 34.0 Å². The van der Waals surface area contributed by atoms with Crippen molar-refractivity contribution < 1.29 is 9.23 Å². The van der Waals surface area contributed by atoms with Crippen molar-refractivity contribution in [3.05, 3.63) is 105 Å². The van der Waals surface area contributed by atoms with Crippen LogP contribution in [0.5, 0.6) is 0 Å². The average molecular weight is 451 g/mol. The molecule has 154 valence electrons. The Labute approximate surface area is 187 Å². The zero-order valence-corrected chi connectivity index (χ0v) is 17.8. The molecule has 2 aromatic heterocycles. The summed E-state index contributed by atoms with van der Waals surface area (Å²) in [6.07, 6.45) is 6.94. The number of aromatic nitrogens is 3. The largest absolute Gasteiger partial charge is 0.388 e. The lowest BCUT2D eigenvalue weighted by Gasteiger charge is -2.10. The third-order valence-electron chi connectivity index (χ3n) is 4.23. The molecule has 0 saturated heterocycles. The van der Waals surface area contributed by atoms with Crippen LogP contribution >= 0.6 is 22.9 Å². The van der Waals surface area contributed by atoms with E-state index >= 15 is 0 Å². The molecule has 0 spiro atoms. The van der Waals surface area contributed by atoms with Gasteiger partial charge in [0.05, 0.1) is 23.5 Å². The zero-order valence-electron chi connectivity index (χ0n) is 16.2. The third-order valence-corrected chi connectivity index (χ3v) is 5.30. The first-order valence-corrected chi connectivity index (χ1v) is 10.5. The van der Waals surface area contributed by atoms with Gasteiger partial charge in [-0.25, -0.2) is 14.4 Å². The number of rotatable bonds is 6. The van der Waals surface area contributed by atoms with E-state index in [2.05, 4.69) is 27.0 Å². The van der Waals surface area contributed by atoms with Crippen LogP contribution in [0.25, 0.3) is 0 Å². The molecule has 5 nitrogen and oxygen atoms in total. The predicted octanol–water partition coefficient (Wildman–Crippen LogP) is 5.15. The van der Waals surface area contributed by atoms with Crippen molar-refractivity contribution in [2.75, 3.05) is 0 Å². The van der Waals surface area contributed by atoms with Gasteiger partial charge < -0.3 is 9.40 Å². The zero-order chi connectivity index (χ0) is 21.5. The Morgan fingerprint density at radius 3 is 2.84 bits per heavy atom. The number of hydrogen-bond acceptors (Lipinski definition) is 5. The normalized spacial score (nSPS) is 11.1. The Kier molecular flexibility index (Phi) is 6.72. The van der Waals surface area contributed by atoms with Crippen LogP contribution < -0.4 is 0 Å². The Morgan fingerprint density at radius 2 is 2.10 bits per heavy atom. The quantitative estimate of drug-likeness (QED) is 0.232. The lowest BCUT2D eigenvalue weighted by Crippen LogP contribution is -2.12. The van der Waals surface area contributed by atoms with E-state index in [0.717, 1.165) is 5.01 Å². The molecule has 0 bridgehead atoms. The molecule has 2 heterocycles. The summed E-state index contributed by atoms with van der Waals surface area (Å²) in [5.74, 6) is 5.43. The molecule has 0 fully saturated rings. The SMILES string of the molecule is Fc1ccccc1C#Cc1ccc(/C(Cn2ccnc2)=N/OCc2nccs2)c(Cl)c1. The van der Waals surface area contributed by atoms with Gasteiger partial charge in [0.2, 0.25) is 0 Å². The van der Waals surface area contributed by atoms with Crippen molar-refractivity contribution in [2.24, 2.45) is 5.16 Å². The summed E-state index contributed by atoms with van der Waals surface area (Å²) >= 11 is 8.04. The van der Waals surface area contributed by atoms with Crippen LogP contribution in [0.15, 0.2) is 77.9 Å². The number of imidazole rings is 1. The van der Waals surface area contributed by atoms with Gasteiger partial charge >= 0.3 is 0 Å². The molecule has 0 N–H and O–H groups in total. The fourth-order valence-electron chi connectivity index (χ4n) is 2.74. The van der Waals surface area contributed by atoms with Crippen LogP contribution in [-0.4, -0.2) is 20.2 Å². The Balaban J connectivity index is 1.58. The number of nitrogens with zero attached hydrogens (tertiary/aromatic N) is 4. The maximum absolute atomic E-state index is 13.8. The van der Waals surface area contributed by atoms with Crippen molar-refractivity contribution in [3.63, 3.8) is 0 Å². The Morgan fingerprint density at radius 1 is 1.19 bits per heavy atom. The molecule has 0 unspecified atom stereocenters. The van der Waals surface area contributed by atoms with Crippen molar-refractivity contribution in [3.8, 4) is 11.8 Å². The molecular weight excluding hydrogens is 435 g/mol. The second-order valence-electron chi connectivity index (χ2n) is 6.40. The van der Waals surface area contributed by atoms with Crippen molar-refractivity contribution in [1.29, 1.82) is 0 Å². The molecule has 0 aliphatic heterocycles. The highest BCUT2D eigenvalue weighted by molar-refractivity contribution is 7.09. The highest BCUT2D eigenvalue weighted by Gasteiger charge is 2.11. The molecule has 4 aromatic rings. The van der Waals surface area contributed by atoms with Crippen LogP contribution in [0.1, 0.15) is 21.7 Å². The second-order valence-corrected chi connectivity index (χ2v) is 7.78. The molecule has 0 saturated carbocycles. The number of thiazole rings is 1. The van der Waals surface area contributed by atoms with Crippen LogP contribution in [0.3, 0.4) is 0 Å². The summed E-state index contributed by atoms with van der Waals surface area (Å²) < 4.78 is 15.6. The van der Waals surface area contributed by atoms with E-state index in [1.807, 2.05) is 28.3 Å². The fourth-order valence-corrected chi connectivity index (χ4v) is 3.55. The lowest BCUT2D eigenvalue weighted by atomic mass is 10.1. The van der Waals surface area contributed by atoms with Crippen LogP contribution in [0.4, 0.5) is 4.39 Å². The summed E-state index contributed by atoms with van der Waals surface area (Å²) in [5, 5.41) is 7.48. The molecule has 4 rings (SSSR count). The van der Waals surface area contributed by atoms with E-state index < -0.39 is 0 Å². The number of oxime groups is 1. The van der Waals surface area contributed by atoms with E-state index in [-0.39, 0.29) is 12.4 Å². The predicted molar refractivity (Wildman–Crippen MR) is 119 cm³/mol. The minimum absolute atomic E-state index is 0.273. The van der Waals surface area contributed by atoms with Gasteiger partial charge in [0.1, 0.15) is 16.5 Å². The van der Waals surface area contributed by atoms with Crippen LogP contribution in [0.2, 0.25) is 5.02 Å². The van der Waals surface area contributed by atoms with Gasteiger partial charge in [-0.3, -0.25) is 0 Å². The Bertz CT molecular complexity index is 1240. The maximum Gasteiger partial charge on any atom is 0.168 e. The van der Waals surface area contributed by atoms with E-state index in [1.165, 1.54) is 17.4 Å². The minimum Gasteiger partial charge on any atom is -0.388 e. The monoisotopic (exact) mass is 450 g/mol. The molecule has 0 radical (unpaired) electrons. The van der Waals surface area contributed by atoms with Crippen molar-refractivity contribution >= 4 is 28.6 Å². The standard InChI is InChI=1S/C23H16ClFN4OS/c24-20-13-17(5-7-18-3-1-2-4-21(18)25)6-8-19(20)22(14-29-11-9-26-16-29)28-30-15-23-27-10-12-31-23/h1-4,6,8-13,16H,14-15H2/b28-22+. The van der Waals surface area contributed by atoms with Gasteiger partial charge in [0, 0.05) is 35.1 Å². The van der Waals surface area contributed by atoms with Gasteiger partial charge in [-0.2, -0.15) is 0 Å². The van der Waals surface area contributed by atoms with E-state index in [4.69, 9.17) is 16.4 Å². The smallest absolute Gasteiger partial charge is 0.168 e. The minimum atomic E-state index is -0.357. The van der Waals surface area contributed by atoms with Crippen molar-refractivity contribution in [1.82, 2.24) is 14.5 Å². The molecule has 2 aromatic carbocycles. The first kappa shape index (κ1) is 20.8. The molecule has 8 heteroatoms. The van der Waals surface area contributed by atoms with Gasteiger partial charge in [-0.15, -0.1) is 11.3 Å². The number of hydrogen-bond donors (Lipinski definition) is 0. The lowest BCUT2D eigenvalue weighted by molar-refractivity contribution is 0.129. The first-order valence-electron chi connectivity index (χ1n) is 9.28. The Hall–Kier alpha value is -3.47. The fraction of sp³-hybridized carbons (Fsp3) is 0.0870. The molecule has 0 aliphatic carbocycles. The van der Waals surface area contributed by atoms with Gasteiger partial charge in [-0.05, 0) is 24.3 Å². The molecule has 0 aliphatic rings. The molecular formula is C23H16ClFN4OS. The summed E-state index contributed by atoms with van der Waals surface area (Å²) in [6, 6.07) is 11.8. The van der Waals surface area contributed by atoms with Crippen LogP contribution in [0, 0.1) is 17.7 Å². The molecule has 31 heavy (non-hydrogen) atoms. The highest BCUT2D eigenvalue weighted by Crippen LogP contribution is 2.20. The third kappa shape index (κ3) is 5.57. The summed E-state index contributed by atoms with van der Waals surface area (Å²) in [7, 11) is 0. The van der Waals surface area contributed by atoms with Crippen LogP contribution in [-0.2, 0) is 18.0 Å². The highest BCUT2D eigenvalue weighted by atomic mass is 35.5. The maximum atomic E-state index is 13.8. The van der Waals surface area contributed by atoms with Gasteiger partial charge in [0.25, 0.3) is 0 Å². The number of halogens is 2. The van der Waals surface area contributed by atoms with E-state index in [1.54, 1.807) is 43.0 Å². The second kappa shape index (κ2) is 10.0. The van der Waals surface area contributed by atoms with Crippen molar-refractivity contribution in [2.45, 2.75) is 13.2 Å². The summed E-state index contributed by atoms with van der Waals surface area (Å²) in [5.41, 5.74) is 2.35. The topological polar surface area (TPSA) is 52.3 Å². The summed E-state index contributed by atoms with van der Waals surface area (Å²) in [6.45, 7) is 0.701. The number of benzene rings is 2. The van der Waals surface area contributed by atoms with E-state index in [9.17, 15) is 4.39 Å². The summed E-state index contributed by atoms with van der Waals surface area (Å²) in [4.78, 5) is 13.8.